The maximum atomic E-state index is 12.4. The van der Waals surface area contributed by atoms with Crippen LogP contribution in [0.1, 0.15) is 16.8 Å². The molecular formula is C12H10F3NS. The lowest BCUT2D eigenvalue weighted by Gasteiger charge is -2.02. The molecule has 1 heterocycles. The first kappa shape index (κ1) is 12.1. The quantitative estimate of drug-likeness (QED) is 0.735. The zero-order chi connectivity index (χ0) is 12.6. The van der Waals surface area contributed by atoms with E-state index in [9.17, 15) is 13.2 Å². The normalized spacial score (nSPS) is 11.8. The fraction of sp³-hybridized carbons (Fsp3) is 0.250. The summed E-state index contributed by atoms with van der Waals surface area (Å²) in [5, 5.41) is 0. The van der Waals surface area contributed by atoms with Gasteiger partial charge in [0.25, 0.3) is 0 Å². The molecule has 0 saturated carbocycles. The Bertz CT molecular complexity index is 523. The molecule has 0 aliphatic rings. The van der Waals surface area contributed by atoms with Crippen molar-refractivity contribution in [2.45, 2.75) is 20.0 Å². The van der Waals surface area contributed by atoms with Gasteiger partial charge in [-0.1, -0.05) is 29.3 Å². The summed E-state index contributed by atoms with van der Waals surface area (Å²) in [5.74, 6) is 0. The molecule has 2 aromatic rings. The highest BCUT2D eigenvalue weighted by atomic mass is 32.1. The van der Waals surface area contributed by atoms with Gasteiger partial charge >= 0.3 is 6.18 Å². The number of aryl methyl sites for hydroxylation is 2. The van der Waals surface area contributed by atoms with Gasteiger partial charge in [-0.05, 0) is 37.0 Å². The van der Waals surface area contributed by atoms with Crippen LogP contribution in [-0.4, -0.2) is 4.37 Å². The second-order valence-electron chi connectivity index (χ2n) is 3.95. The molecule has 0 fully saturated rings. The van der Waals surface area contributed by atoms with E-state index in [0.717, 1.165) is 34.3 Å². The van der Waals surface area contributed by atoms with Gasteiger partial charge in [0.05, 0.1) is 4.88 Å². The van der Waals surface area contributed by atoms with Crippen molar-refractivity contribution >= 4 is 11.5 Å². The third-order valence-electron chi connectivity index (χ3n) is 2.31. The summed E-state index contributed by atoms with van der Waals surface area (Å²) < 4.78 is 40.7. The third-order valence-corrected chi connectivity index (χ3v) is 3.15. The summed E-state index contributed by atoms with van der Waals surface area (Å²) in [4.78, 5) is 0.545. The standard InChI is InChI=1S/C12H10F3NS/c1-7-3-8(2)5-9(4-7)10-6-11(16-17-10)12(13,14)15/h3-6H,1-2H3. The Labute approximate surface area is 101 Å². The molecule has 17 heavy (non-hydrogen) atoms. The molecule has 0 aliphatic carbocycles. The maximum absolute atomic E-state index is 12.4. The Balaban J connectivity index is 2.44. The molecule has 1 aromatic heterocycles. The van der Waals surface area contributed by atoms with Gasteiger partial charge in [-0.2, -0.15) is 17.5 Å². The zero-order valence-electron chi connectivity index (χ0n) is 9.30. The van der Waals surface area contributed by atoms with Gasteiger partial charge in [0.15, 0.2) is 5.69 Å². The molecule has 1 aromatic carbocycles. The highest BCUT2D eigenvalue weighted by molar-refractivity contribution is 7.09. The van der Waals surface area contributed by atoms with Crippen LogP contribution in [0.4, 0.5) is 13.2 Å². The van der Waals surface area contributed by atoms with Crippen molar-refractivity contribution in [3.05, 3.63) is 41.1 Å². The Hall–Kier alpha value is -1.36. The lowest BCUT2D eigenvalue weighted by molar-refractivity contribution is -0.140. The van der Waals surface area contributed by atoms with Gasteiger partial charge in [0, 0.05) is 0 Å². The van der Waals surface area contributed by atoms with Crippen LogP contribution in [0.25, 0.3) is 10.4 Å². The smallest absolute Gasteiger partial charge is 0.188 e. The number of rotatable bonds is 1. The van der Waals surface area contributed by atoms with Gasteiger partial charge in [0.2, 0.25) is 0 Å². The van der Waals surface area contributed by atoms with E-state index in [1.807, 2.05) is 32.0 Å². The van der Waals surface area contributed by atoms with E-state index in [4.69, 9.17) is 0 Å². The Morgan fingerprint density at radius 1 is 1.00 bits per heavy atom. The molecule has 0 unspecified atom stereocenters. The van der Waals surface area contributed by atoms with E-state index >= 15 is 0 Å². The van der Waals surface area contributed by atoms with Crippen LogP contribution in [0.2, 0.25) is 0 Å². The number of hydrogen-bond donors (Lipinski definition) is 0. The van der Waals surface area contributed by atoms with Crippen LogP contribution in [-0.2, 0) is 6.18 Å². The number of aromatic nitrogens is 1. The molecule has 0 N–H and O–H groups in total. The molecule has 0 atom stereocenters. The molecule has 0 bridgehead atoms. The zero-order valence-corrected chi connectivity index (χ0v) is 10.1. The summed E-state index contributed by atoms with van der Waals surface area (Å²) in [6.07, 6.45) is -4.37. The van der Waals surface area contributed by atoms with Crippen molar-refractivity contribution in [2.24, 2.45) is 0 Å². The van der Waals surface area contributed by atoms with Crippen molar-refractivity contribution in [1.82, 2.24) is 4.37 Å². The Morgan fingerprint density at radius 3 is 2.06 bits per heavy atom. The first-order valence-electron chi connectivity index (χ1n) is 4.99. The molecule has 90 valence electrons. The molecule has 5 heteroatoms. The van der Waals surface area contributed by atoms with Crippen LogP contribution in [0.15, 0.2) is 24.3 Å². The number of halogens is 3. The number of benzene rings is 1. The van der Waals surface area contributed by atoms with Crippen LogP contribution >= 0.6 is 11.5 Å². The number of alkyl halides is 3. The highest BCUT2D eigenvalue weighted by Crippen LogP contribution is 2.34. The van der Waals surface area contributed by atoms with Crippen molar-refractivity contribution in [3.63, 3.8) is 0 Å². The average Bonchev–Trinajstić information content (AvgIpc) is 2.63. The Kier molecular flexibility index (Phi) is 2.95. The van der Waals surface area contributed by atoms with E-state index in [-0.39, 0.29) is 0 Å². The second kappa shape index (κ2) is 4.14. The number of hydrogen-bond acceptors (Lipinski definition) is 2. The molecule has 0 amide bonds. The van der Waals surface area contributed by atoms with E-state index in [1.165, 1.54) is 0 Å². The Morgan fingerprint density at radius 2 is 1.59 bits per heavy atom. The summed E-state index contributed by atoms with van der Waals surface area (Å²) in [6.45, 7) is 3.84. The largest absolute Gasteiger partial charge is 0.434 e. The summed E-state index contributed by atoms with van der Waals surface area (Å²) in [5.41, 5.74) is 2.02. The summed E-state index contributed by atoms with van der Waals surface area (Å²) in [6, 6.07) is 6.80. The van der Waals surface area contributed by atoms with Gasteiger partial charge < -0.3 is 0 Å². The SMILES string of the molecule is Cc1cc(C)cc(-c2cc(C(F)(F)F)ns2)c1. The van der Waals surface area contributed by atoms with Crippen LogP contribution in [0, 0.1) is 13.8 Å². The van der Waals surface area contributed by atoms with Crippen molar-refractivity contribution in [2.75, 3.05) is 0 Å². The van der Waals surface area contributed by atoms with Crippen LogP contribution in [0.3, 0.4) is 0 Å². The monoisotopic (exact) mass is 257 g/mol. The van der Waals surface area contributed by atoms with Gasteiger partial charge in [-0.3, -0.25) is 0 Å². The van der Waals surface area contributed by atoms with Gasteiger partial charge in [0.1, 0.15) is 0 Å². The summed E-state index contributed by atoms with van der Waals surface area (Å²) in [7, 11) is 0. The van der Waals surface area contributed by atoms with E-state index in [2.05, 4.69) is 4.37 Å². The fourth-order valence-corrected chi connectivity index (χ4v) is 2.40. The van der Waals surface area contributed by atoms with Crippen molar-refractivity contribution < 1.29 is 13.2 Å². The highest BCUT2D eigenvalue weighted by Gasteiger charge is 2.33. The van der Waals surface area contributed by atoms with Crippen molar-refractivity contribution in [3.8, 4) is 10.4 Å². The lowest BCUT2D eigenvalue weighted by Crippen LogP contribution is -2.04. The second-order valence-corrected chi connectivity index (χ2v) is 4.76. The topological polar surface area (TPSA) is 12.9 Å². The maximum Gasteiger partial charge on any atom is 0.434 e. The van der Waals surface area contributed by atoms with Gasteiger partial charge in [-0.15, -0.1) is 0 Å². The molecule has 0 saturated heterocycles. The molecule has 0 aliphatic heterocycles. The fourth-order valence-electron chi connectivity index (χ4n) is 1.66. The predicted octanol–water partition coefficient (Wildman–Crippen LogP) is 4.45. The molecule has 2 rings (SSSR count). The third kappa shape index (κ3) is 2.66. The van der Waals surface area contributed by atoms with Crippen molar-refractivity contribution in [1.29, 1.82) is 0 Å². The first-order valence-corrected chi connectivity index (χ1v) is 5.76. The predicted molar refractivity (Wildman–Crippen MR) is 62.0 cm³/mol. The molecule has 0 spiro atoms. The summed E-state index contributed by atoms with van der Waals surface area (Å²) >= 11 is 0.877. The minimum atomic E-state index is -4.37. The molecule has 0 radical (unpaired) electrons. The lowest BCUT2D eigenvalue weighted by atomic mass is 10.1. The average molecular weight is 257 g/mol. The van der Waals surface area contributed by atoms with E-state index in [1.54, 1.807) is 0 Å². The minimum absolute atomic E-state index is 0.545. The molecule has 1 nitrogen and oxygen atoms in total. The van der Waals surface area contributed by atoms with Crippen LogP contribution < -0.4 is 0 Å². The minimum Gasteiger partial charge on any atom is -0.188 e. The number of nitrogens with zero attached hydrogens (tertiary/aromatic N) is 1. The van der Waals surface area contributed by atoms with Crippen LogP contribution in [0.5, 0.6) is 0 Å². The first-order chi connectivity index (χ1) is 7.86. The van der Waals surface area contributed by atoms with E-state index < -0.39 is 11.9 Å². The molecular weight excluding hydrogens is 247 g/mol. The van der Waals surface area contributed by atoms with Gasteiger partial charge in [-0.25, -0.2) is 0 Å². The van der Waals surface area contributed by atoms with E-state index in [0.29, 0.717) is 4.88 Å².